The number of carbonyl (C=O) groups excluding carboxylic acids is 2. The van der Waals surface area contributed by atoms with Crippen LogP contribution in [0.4, 0.5) is 19.0 Å². The Labute approximate surface area is 181 Å². The van der Waals surface area contributed by atoms with Gasteiger partial charge in [0.05, 0.1) is 19.7 Å². The summed E-state index contributed by atoms with van der Waals surface area (Å²) in [5.41, 5.74) is 1.63. The van der Waals surface area contributed by atoms with Crippen molar-refractivity contribution in [2.75, 3.05) is 19.0 Å². The molecule has 3 heterocycles. The fourth-order valence-corrected chi connectivity index (χ4v) is 3.49. The van der Waals surface area contributed by atoms with Gasteiger partial charge in [0, 0.05) is 29.4 Å². The number of aromatic nitrogens is 2. The molecule has 1 saturated carbocycles. The molecule has 32 heavy (non-hydrogen) atoms. The standard InChI is InChI=1S/C21H21F3N4O4/c1-11(13-7-16(31-2)19(26-8-13)32-10-21(22,23)24)28-9-15-14(20(28)30)5-6-25-17(15)27-18(29)12-3-4-12/h5-8,11-12H,3-4,9-10H2,1-2H3,(H,25,27,29). The zero-order chi connectivity index (χ0) is 23.0. The molecule has 1 atom stereocenters. The molecule has 0 saturated heterocycles. The van der Waals surface area contributed by atoms with Crippen molar-refractivity contribution in [3.63, 3.8) is 0 Å². The van der Waals surface area contributed by atoms with Gasteiger partial charge in [-0.15, -0.1) is 0 Å². The van der Waals surface area contributed by atoms with Crippen molar-refractivity contribution in [1.29, 1.82) is 0 Å². The first-order valence-electron chi connectivity index (χ1n) is 10.0. The van der Waals surface area contributed by atoms with E-state index < -0.39 is 18.8 Å². The van der Waals surface area contributed by atoms with Crippen LogP contribution in [0.25, 0.3) is 0 Å². The van der Waals surface area contributed by atoms with Crippen LogP contribution < -0.4 is 14.8 Å². The van der Waals surface area contributed by atoms with Gasteiger partial charge in [-0.1, -0.05) is 0 Å². The van der Waals surface area contributed by atoms with Crippen molar-refractivity contribution in [1.82, 2.24) is 14.9 Å². The molecule has 2 aliphatic rings. The summed E-state index contributed by atoms with van der Waals surface area (Å²) in [6, 6.07) is 2.62. The van der Waals surface area contributed by atoms with Crippen LogP contribution >= 0.6 is 0 Å². The third-order valence-electron chi connectivity index (χ3n) is 5.45. The largest absolute Gasteiger partial charge is 0.491 e. The highest BCUT2D eigenvalue weighted by molar-refractivity contribution is 6.02. The van der Waals surface area contributed by atoms with E-state index in [-0.39, 0.29) is 35.9 Å². The van der Waals surface area contributed by atoms with Crippen molar-refractivity contribution in [2.45, 2.75) is 38.5 Å². The van der Waals surface area contributed by atoms with Crippen LogP contribution in [0, 0.1) is 5.92 Å². The molecule has 0 aromatic carbocycles. The molecule has 1 aliphatic heterocycles. The minimum absolute atomic E-state index is 0.00333. The van der Waals surface area contributed by atoms with Crippen LogP contribution in [0.1, 0.15) is 47.3 Å². The van der Waals surface area contributed by atoms with Gasteiger partial charge in [-0.3, -0.25) is 9.59 Å². The number of halogens is 3. The second kappa shape index (κ2) is 8.29. The van der Waals surface area contributed by atoms with Crippen molar-refractivity contribution in [2.24, 2.45) is 5.92 Å². The lowest BCUT2D eigenvalue weighted by molar-refractivity contribution is -0.154. The summed E-state index contributed by atoms with van der Waals surface area (Å²) in [6.07, 6.45) is 0.0158. The first-order valence-corrected chi connectivity index (χ1v) is 10.0. The van der Waals surface area contributed by atoms with E-state index >= 15 is 0 Å². The number of anilines is 1. The van der Waals surface area contributed by atoms with Crippen molar-refractivity contribution in [3.8, 4) is 11.6 Å². The van der Waals surface area contributed by atoms with Crippen LogP contribution in [0.2, 0.25) is 0 Å². The monoisotopic (exact) mass is 450 g/mol. The lowest BCUT2D eigenvalue weighted by atomic mass is 10.1. The molecule has 8 nitrogen and oxygen atoms in total. The third-order valence-corrected chi connectivity index (χ3v) is 5.45. The Morgan fingerprint density at radius 2 is 2.09 bits per heavy atom. The number of rotatable bonds is 7. The second-order valence-electron chi connectivity index (χ2n) is 7.74. The Balaban J connectivity index is 1.53. The first-order chi connectivity index (χ1) is 15.2. The number of hydrogen-bond acceptors (Lipinski definition) is 6. The number of nitrogens with zero attached hydrogens (tertiary/aromatic N) is 3. The predicted octanol–water partition coefficient (Wildman–Crippen LogP) is 3.49. The molecule has 1 N–H and O–H groups in total. The van der Waals surface area contributed by atoms with Gasteiger partial charge in [0.1, 0.15) is 5.82 Å². The molecule has 2 amide bonds. The minimum Gasteiger partial charge on any atom is -0.491 e. The average Bonchev–Trinajstić information content (AvgIpc) is 3.55. The Morgan fingerprint density at radius 3 is 2.75 bits per heavy atom. The van der Waals surface area contributed by atoms with E-state index in [9.17, 15) is 22.8 Å². The maximum absolute atomic E-state index is 13.0. The van der Waals surface area contributed by atoms with Crippen LogP contribution in [-0.2, 0) is 11.3 Å². The number of nitrogens with one attached hydrogen (secondary N) is 1. The number of hydrogen-bond donors (Lipinski definition) is 1. The van der Waals surface area contributed by atoms with Gasteiger partial charge in [-0.2, -0.15) is 13.2 Å². The number of methoxy groups -OCH3 is 1. The Hall–Kier alpha value is -3.37. The smallest absolute Gasteiger partial charge is 0.422 e. The fraction of sp³-hybridized carbons (Fsp3) is 0.429. The third kappa shape index (κ3) is 4.46. The average molecular weight is 450 g/mol. The van der Waals surface area contributed by atoms with Gasteiger partial charge in [0.15, 0.2) is 12.4 Å². The zero-order valence-electron chi connectivity index (χ0n) is 17.4. The quantitative estimate of drug-likeness (QED) is 0.694. The summed E-state index contributed by atoms with van der Waals surface area (Å²) >= 11 is 0. The van der Waals surface area contributed by atoms with Gasteiger partial charge in [0.25, 0.3) is 11.8 Å². The van der Waals surface area contributed by atoms with E-state index in [4.69, 9.17) is 9.47 Å². The van der Waals surface area contributed by atoms with Crippen molar-refractivity contribution >= 4 is 17.6 Å². The highest BCUT2D eigenvalue weighted by atomic mass is 19.4. The first kappa shape index (κ1) is 21.8. The number of amides is 2. The Bertz CT molecular complexity index is 1060. The topological polar surface area (TPSA) is 93.7 Å². The molecule has 170 valence electrons. The van der Waals surface area contributed by atoms with Crippen LogP contribution in [0.15, 0.2) is 24.5 Å². The number of ether oxygens (including phenoxy) is 2. The summed E-state index contributed by atoms with van der Waals surface area (Å²) in [5, 5.41) is 2.81. The number of carbonyl (C=O) groups is 2. The van der Waals surface area contributed by atoms with Gasteiger partial charge in [-0.05, 0) is 37.5 Å². The summed E-state index contributed by atoms with van der Waals surface area (Å²) < 4.78 is 47.2. The van der Waals surface area contributed by atoms with E-state index in [1.807, 2.05) is 0 Å². The molecule has 1 unspecified atom stereocenters. The van der Waals surface area contributed by atoms with Gasteiger partial charge in [-0.25, -0.2) is 9.97 Å². The molecule has 0 spiro atoms. The highest BCUT2D eigenvalue weighted by Gasteiger charge is 2.36. The molecule has 2 aromatic rings. The summed E-state index contributed by atoms with van der Waals surface area (Å²) in [5.74, 6) is -0.236. The van der Waals surface area contributed by atoms with Crippen LogP contribution in [0.3, 0.4) is 0 Å². The number of pyridine rings is 2. The molecule has 1 aliphatic carbocycles. The Morgan fingerprint density at radius 1 is 1.34 bits per heavy atom. The van der Waals surface area contributed by atoms with Crippen molar-refractivity contribution < 1.29 is 32.2 Å². The molecule has 11 heteroatoms. The lowest BCUT2D eigenvalue weighted by Gasteiger charge is -2.25. The number of alkyl halides is 3. The summed E-state index contributed by atoms with van der Waals surface area (Å²) in [6.45, 7) is 0.498. The number of fused-ring (bicyclic) bond motifs is 1. The lowest BCUT2D eigenvalue weighted by Crippen LogP contribution is -2.27. The zero-order valence-corrected chi connectivity index (χ0v) is 17.4. The SMILES string of the molecule is COc1cc(C(C)N2Cc3c(ccnc3NC(=O)C3CC3)C2=O)cnc1OCC(F)(F)F. The van der Waals surface area contributed by atoms with Crippen LogP contribution in [-0.4, -0.2) is 46.6 Å². The molecule has 4 rings (SSSR count). The molecular formula is C21H21F3N4O4. The minimum atomic E-state index is -4.51. The molecule has 2 aromatic heterocycles. The van der Waals surface area contributed by atoms with E-state index in [2.05, 4.69) is 15.3 Å². The maximum atomic E-state index is 13.0. The highest BCUT2D eigenvalue weighted by Crippen LogP contribution is 2.37. The van der Waals surface area contributed by atoms with Gasteiger partial charge < -0.3 is 19.7 Å². The van der Waals surface area contributed by atoms with Gasteiger partial charge >= 0.3 is 6.18 Å². The second-order valence-corrected chi connectivity index (χ2v) is 7.74. The molecular weight excluding hydrogens is 429 g/mol. The maximum Gasteiger partial charge on any atom is 0.422 e. The fourth-order valence-electron chi connectivity index (χ4n) is 3.49. The van der Waals surface area contributed by atoms with E-state index in [0.29, 0.717) is 22.5 Å². The molecule has 0 bridgehead atoms. The van der Waals surface area contributed by atoms with Crippen molar-refractivity contribution in [3.05, 3.63) is 41.2 Å². The van der Waals surface area contributed by atoms with E-state index in [1.165, 1.54) is 25.6 Å². The van der Waals surface area contributed by atoms with E-state index in [1.54, 1.807) is 17.9 Å². The van der Waals surface area contributed by atoms with Crippen LogP contribution in [0.5, 0.6) is 11.6 Å². The van der Waals surface area contributed by atoms with E-state index in [0.717, 1.165) is 12.8 Å². The summed E-state index contributed by atoms with van der Waals surface area (Å²) in [4.78, 5) is 34.9. The predicted molar refractivity (Wildman–Crippen MR) is 106 cm³/mol. The van der Waals surface area contributed by atoms with Gasteiger partial charge in [0.2, 0.25) is 5.91 Å². The molecule has 1 fully saturated rings. The normalized spacial score (nSPS) is 16.5. The summed E-state index contributed by atoms with van der Waals surface area (Å²) in [7, 11) is 1.29. The Kier molecular flexibility index (Phi) is 5.66. The molecule has 0 radical (unpaired) electrons.